The molecule has 1 aliphatic heterocycles. The monoisotopic (exact) mass is 510 g/mol. The Morgan fingerprint density at radius 1 is 1.00 bits per heavy atom. The predicted octanol–water partition coefficient (Wildman–Crippen LogP) is 5.70. The molecule has 0 bridgehead atoms. The van der Waals surface area contributed by atoms with Crippen LogP contribution in [0.2, 0.25) is 0 Å². The summed E-state index contributed by atoms with van der Waals surface area (Å²) < 4.78 is 22.4. The SMILES string of the molecule is COc1cc(-c2nc(C3CC(c4ccco4)=NN3C(C)=O)cc3c2[nH]c2ccccc23)cc(OC)c1OC. The Morgan fingerprint density at radius 3 is 2.42 bits per heavy atom. The van der Waals surface area contributed by atoms with Gasteiger partial charge >= 0.3 is 0 Å². The van der Waals surface area contributed by atoms with Crippen molar-refractivity contribution in [2.24, 2.45) is 5.10 Å². The van der Waals surface area contributed by atoms with Crippen LogP contribution in [0.4, 0.5) is 0 Å². The van der Waals surface area contributed by atoms with Crippen LogP contribution in [0.15, 0.2) is 70.4 Å². The van der Waals surface area contributed by atoms with Crippen LogP contribution in [0.1, 0.15) is 30.8 Å². The first kappa shape index (κ1) is 23.6. The number of aromatic nitrogens is 2. The summed E-state index contributed by atoms with van der Waals surface area (Å²) in [5.41, 5.74) is 4.73. The van der Waals surface area contributed by atoms with Crippen molar-refractivity contribution in [3.8, 4) is 28.5 Å². The van der Waals surface area contributed by atoms with Crippen LogP contribution in [-0.4, -0.2) is 47.9 Å². The van der Waals surface area contributed by atoms with Crippen LogP contribution in [0, 0.1) is 0 Å². The van der Waals surface area contributed by atoms with Crippen molar-refractivity contribution in [2.75, 3.05) is 21.3 Å². The lowest BCUT2D eigenvalue weighted by atomic mass is 10.0. The molecular weight excluding hydrogens is 484 g/mol. The van der Waals surface area contributed by atoms with E-state index in [2.05, 4.69) is 16.2 Å². The van der Waals surface area contributed by atoms with Crippen molar-refractivity contribution in [2.45, 2.75) is 19.4 Å². The minimum Gasteiger partial charge on any atom is -0.493 e. The fourth-order valence-electron chi connectivity index (χ4n) is 5.09. The van der Waals surface area contributed by atoms with Gasteiger partial charge in [0.1, 0.15) is 17.5 Å². The maximum Gasteiger partial charge on any atom is 0.240 e. The van der Waals surface area contributed by atoms with E-state index in [1.54, 1.807) is 27.6 Å². The number of pyridine rings is 1. The number of H-pyrrole nitrogens is 1. The molecule has 192 valence electrons. The van der Waals surface area contributed by atoms with Gasteiger partial charge in [0, 0.05) is 35.2 Å². The van der Waals surface area contributed by atoms with Crippen molar-refractivity contribution in [1.82, 2.24) is 15.0 Å². The minimum atomic E-state index is -0.397. The van der Waals surface area contributed by atoms with Gasteiger partial charge in [-0.25, -0.2) is 9.99 Å². The zero-order chi connectivity index (χ0) is 26.4. The number of ether oxygens (including phenoxy) is 3. The van der Waals surface area contributed by atoms with Gasteiger partial charge in [-0.05, 0) is 36.4 Å². The number of hydrazone groups is 1. The van der Waals surface area contributed by atoms with E-state index < -0.39 is 6.04 Å². The Kier molecular flexibility index (Phi) is 5.75. The Morgan fingerprint density at radius 2 is 1.76 bits per heavy atom. The van der Waals surface area contributed by atoms with Gasteiger partial charge in [-0.15, -0.1) is 0 Å². The van der Waals surface area contributed by atoms with E-state index in [0.29, 0.717) is 46.5 Å². The second kappa shape index (κ2) is 9.26. The molecule has 1 N–H and O–H groups in total. The number of aromatic amines is 1. The molecule has 0 aliphatic carbocycles. The van der Waals surface area contributed by atoms with Crippen molar-refractivity contribution in [3.05, 3.63) is 72.3 Å². The second-order valence-electron chi connectivity index (χ2n) is 9.01. The first-order chi connectivity index (χ1) is 18.5. The largest absolute Gasteiger partial charge is 0.493 e. The third-order valence-corrected chi connectivity index (χ3v) is 6.83. The van der Waals surface area contributed by atoms with Crippen LogP contribution < -0.4 is 14.2 Å². The number of fused-ring (bicyclic) bond motifs is 3. The zero-order valence-electron chi connectivity index (χ0n) is 21.4. The standard InChI is InChI=1S/C29H26N4O5/c1-16(34)33-23(15-22(32-33)24-10-7-11-38-24)21-14-19-18-8-5-6-9-20(18)30-28(19)27(31-21)17-12-25(35-2)29(37-4)26(13-17)36-3/h5-14,23,30H,15H2,1-4H3. The number of carbonyl (C=O) groups is 1. The number of carbonyl (C=O) groups excluding carboxylic acids is 1. The molecule has 1 unspecified atom stereocenters. The highest BCUT2D eigenvalue weighted by atomic mass is 16.5. The van der Waals surface area contributed by atoms with Crippen LogP contribution >= 0.6 is 0 Å². The molecule has 0 fully saturated rings. The number of benzene rings is 2. The lowest BCUT2D eigenvalue weighted by molar-refractivity contribution is -0.130. The fourth-order valence-corrected chi connectivity index (χ4v) is 5.09. The number of rotatable bonds is 6. The summed E-state index contributed by atoms with van der Waals surface area (Å²) in [6, 6.07) is 17.1. The van der Waals surface area contributed by atoms with Gasteiger partial charge in [0.2, 0.25) is 11.7 Å². The van der Waals surface area contributed by atoms with E-state index >= 15 is 0 Å². The van der Waals surface area contributed by atoms with Gasteiger partial charge in [0.05, 0.1) is 44.5 Å². The van der Waals surface area contributed by atoms with E-state index in [4.69, 9.17) is 23.6 Å². The van der Waals surface area contributed by atoms with E-state index in [-0.39, 0.29) is 5.91 Å². The molecule has 1 aliphatic rings. The quantitative estimate of drug-likeness (QED) is 0.314. The van der Waals surface area contributed by atoms with Gasteiger partial charge in [-0.1, -0.05) is 18.2 Å². The lowest BCUT2D eigenvalue weighted by Crippen LogP contribution is -2.25. The maximum absolute atomic E-state index is 12.7. The molecule has 1 amide bonds. The number of nitrogens with one attached hydrogen (secondary N) is 1. The van der Waals surface area contributed by atoms with E-state index in [9.17, 15) is 4.79 Å². The van der Waals surface area contributed by atoms with Crippen LogP contribution in [0.3, 0.4) is 0 Å². The Labute approximate surface area is 218 Å². The van der Waals surface area contributed by atoms with E-state index in [1.165, 1.54) is 11.9 Å². The average Bonchev–Trinajstić information content (AvgIpc) is 3.70. The highest BCUT2D eigenvalue weighted by Crippen LogP contribution is 2.44. The molecule has 9 nitrogen and oxygen atoms in total. The Balaban J connectivity index is 1.59. The highest BCUT2D eigenvalue weighted by Gasteiger charge is 2.34. The minimum absolute atomic E-state index is 0.174. The van der Waals surface area contributed by atoms with Gasteiger partial charge in [-0.3, -0.25) is 4.79 Å². The van der Waals surface area contributed by atoms with Gasteiger partial charge < -0.3 is 23.6 Å². The molecule has 4 heterocycles. The molecule has 6 rings (SSSR count). The normalized spacial score (nSPS) is 15.2. The molecule has 0 saturated carbocycles. The summed E-state index contributed by atoms with van der Waals surface area (Å²) in [5, 5.41) is 8.13. The number of hydrogen-bond donors (Lipinski definition) is 1. The summed E-state index contributed by atoms with van der Waals surface area (Å²) in [4.78, 5) is 21.3. The molecule has 0 radical (unpaired) electrons. The Hall–Kier alpha value is -4.79. The smallest absolute Gasteiger partial charge is 0.240 e. The molecule has 0 spiro atoms. The summed E-state index contributed by atoms with van der Waals surface area (Å²) in [6.07, 6.45) is 2.07. The molecular formula is C29H26N4O5. The summed E-state index contributed by atoms with van der Waals surface area (Å²) >= 11 is 0. The number of hydrogen-bond acceptors (Lipinski definition) is 7. The molecule has 0 saturated heterocycles. The van der Waals surface area contributed by atoms with E-state index in [1.807, 2.05) is 48.5 Å². The second-order valence-corrected chi connectivity index (χ2v) is 9.01. The molecule has 9 heteroatoms. The lowest BCUT2D eigenvalue weighted by Gasteiger charge is -2.21. The average molecular weight is 511 g/mol. The van der Waals surface area contributed by atoms with Crippen molar-refractivity contribution in [1.29, 1.82) is 0 Å². The third-order valence-electron chi connectivity index (χ3n) is 6.83. The Bertz CT molecular complexity index is 1680. The van der Waals surface area contributed by atoms with Crippen molar-refractivity contribution < 1.29 is 23.4 Å². The molecule has 5 aromatic rings. The molecule has 2 aromatic carbocycles. The van der Waals surface area contributed by atoms with Crippen LogP contribution in [0.25, 0.3) is 33.1 Å². The topological polar surface area (TPSA) is 102 Å². The van der Waals surface area contributed by atoms with Crippen LogP contribution in [0.5, 0.6) is 17.2 Å². The zero-order valence-corrected chi connectivity index (χ0v) is 21.4. The van der Waals surface area contributed by atoms with Gasteiger partial charge in [-0.2, -0.15) is 5.10 Å². The molecule has 1 atom stereocenters. The summed E-state index contributed by atoms with van der Waals surface area (Å²) in [7, 11) is 4.74. The highest BCUT2D eigenvalue weighted by molar-refractivity contribution is 6.11. The number of amides is 1. The predicted molar refractivity (Wildman–Crippen MR) is 144 cm³/mol. The van der Waals surface area contributed by atoms with Gasteiger partial charge in [0.25, 0.3) is 0 Å². The van der Waals surface area contributed by atoms with Gasteiger partial charge in [0.15, 0.2) is 11.5 Å². The molecule has 3 aromatic heterocycles. The number of nitrogens with zero attached hydrogens (tertiary/aromatic N) is 3. The summed E-state index contributed by atoms with van der Waals surface area (Å²) in [5.74, 6) is 2.00. The van der Waals surface area contributed by atoms with E-state index in [0.717, 1.165) is 27.4 Å². The molecule has 38 heavy (non-hydrogen) atoms. The first-order valence-corrected chi connectivity index (χ1v) is 12.1. The van der Waals surface area contributed by atoms with Crippen molar-refractivity contribution >= 4 is 33.4 Å². The van der Waals surface area contributed by atoms with Crippen molar-refractivity contribution in [3.63, 3.8) is 0 Å². The number of furan rings is 1. The first-order valence-electron chi connectivity index (χ1n) is 12.1. The van der Waals surface area contributed by atoms with Crippen LogP contribution in [-0.2, 0) is 4.79 Å². The maximum atomic E-state index is 12.7. The fraction of sp³-hybridized carbons (Fsp3) is 0.207. The third kappa shape index (κ3) is 3.75. The number of para-hydroxylation sites is 1. The summed E-state index contributed by atoms with van der Waals surface area (Å²) in [6.45, 7) is 1.51. The number of methoxy groups -OCH3 is 3.